The third-order valence-electron chi connectivity index (χ3n) is 3.72. The van der Waals surface area contributed by atoms with Crippen molar-refractivity contribution in [3.8, 4) is 0 Å². The first-order valence-corrected chi connectivity index (χ1v) is 10.2. The summed E-state index contributed by atoms with van der Waals surface area (Å²) in [5, 5.41) is 5.35. The van der Waals surface area contributed by atoms with Gasteiger partial charge >= 0.3 is 0 Å². The molecule has 0 saturated carbocycles. The molecule has 0 aliphatic heterocycles. The van der Waals surface area contributed by atoms with Crippen LogP contribution in [0.5, 0.6) is 0 Å². The first-order valence-electron chi connectivity index (χ1n) is 8.29. The smallest absolute Gasteiger partial charge is 0.238 e. The molecule has 2 rings (SSSR count). The molecular weight excluding hydrogens is 366 g/mol. The zero-order valence-corrected chi connectivity index (χ0v) is 16.3. The van der Waals surface area contributed by atoms with E-state index in [9.17, 15) is 18.0 Å². The maximum absolute atomic E-state index is 12.2. The summed E-state index contributed by atoms with van der Waals surface area (Å²) in [4.78, 5) is 25.9. The number of hydrogen-bond acceptors (Lipinski definition) is 5. The third kappa shape index (κ3) is 6.50. The summed E-state index contributed by atoms with van der Waals surface area (Å²) in [5.74, 6) is -0.651. The molecule has 0 fully saturated rings. The van der Waals surface area contributed by atoms with Crippen molar-refractivity contribution in [1.82, 2.24) is 4.90 Å². The second-order valence-electron chi connectivity index (χ2n) is 6.40. The van der Waals surface area contributed by atoms with Crippen LogP contribution in [0.3, 0.4) is 0 Å². The average Bonchev–Trinajstić information content (AvgIpc) is 2.56. The molecule has 2 amide bonds. The molecular formula is C19H23N3O4S. The Morgan fingerprint density at radius 2 is 1.48 bits per heavy atom. The molecule has 0 aliphatic carbocycles. The van der Waals surface area contributed by atoms with Gasteiger partial charge in [-0.3, -0.25) is 14.5 Å². The minimum Gasteiger partial charge on any atom is -0.325 e. The number of para-hydroxylation sites is 1. The van der Waals surface area contributed by atoms with E-state index in [2.05, 4.69) is 10.6 Å². The van der Waals surface area contributed by atoms with Crippen molar-refractivity contribution in [2.45, 2.75) is 11.8 Å². The quantitative estimate of drug-likeness (QED) is 0.754. The number of nitrogens with zero attached hydrogens (tertiary/aromatic N) is 1. The fraction of sp³-hybridized carbons (Fsp3) is 0.263. The van der Waals surface area contributed by atoms with E-state index in [1.165, 1.54) is 12.1 Å². The number of amides is 2. The summed E-state index contributed by atoms with van der Waals surface area (Å²) in [6, 6.07) is 13.6. The summed E-state index contributed by atoms with van der Waals surface area (Å²) < 4.78 is 23.6. The highest BCUT2D eigenvalue weighted by atomic mass is 32.2. The number of nitrogens with one attached hydrogen (secondary N) is 2. The summed E-state index contributed by atoms with van der Waals surface area (Å²) in [6.07, 6.45) is 1.08. The van der Waals surface area contributed by atoms with Crippen molar-refractivity contribution in [3.63, 3.8) is 0 Å². The van der Waals surface area contributed by atoms with E-state index in [-0.39, 0.29) is 29.6 Å². The van der Waals surface area contributed by atoms with Gasteiger partial charge in [0.15, 0.2) is 9.84 Å². The fourth-order valence-electron chi connectivity index (χ4n) is 2.47. The predicted molar refractivity (Wildman–Crippen MR) is 105 cm³/mol. The molecule has 0 bridgehead atoms. The molecule has 2 N–H and O–H groups in total. The molecule has 0 saturated heterocycles. The van der Waals surface area contributed by atoms with E-state index < -0.39 is 15.7 Å². The van der Waals surface area contributed by atoms with E-state index in [4.69, 9.17) is 0 Å². The lowest BCUT2D eigenvalue weighted by atomic mass is 10.2. The lowest BCUT2D eigenvalue weighted by Crippen LogP contribution is -2.36. The Morgan fingerprint density at radius 1 is 0.926 bits per heavy atom. The lowest BCUT2D eigenvalue weighted by Gasteiger charge is -2.17. The summed E-state index contributed by atoms with van der Waals surface area (Å²) in [7, 11) is -1.82. The van der Waals surface area contributed by atoms with E-state index in [1.807, 2.05) is 31.2 Å². The first kappa shape index (κ1) is 20.6. The van der Waals surface area contributed by atoms with Crippen LogP contribution in [0.25, 0.3) is 0 Å². The molecule has 0 atom stereocenters. The molecule has 0 spiro atoms. The minimum atomic E-state index is -3.46. The molecule has 0 unspecified atom stereocenters. The number of likely N-dealkylation sites (N-methyl/N-ethyl adjacent to an activating group) is 1. The Bertz CT molecular complexity index is 924. The Morgan fingerprint density at radius 3 is 2.07 bits per heavy atom. The zero-order valence-electron chi connectivity index (χ0n) is 15.5. The number of benzene rings is 2. The standard InChI is InChI=1S/C19H23N3O4S/c1-14-8-10-15(11-9-14)20-18(23)12-22(2)13-19(24)21-16-6-4-5-7-17(16)27(3,25)26/h4-11H,12-13H2,1-3H3,(H,20,23)(H,21,24). The van der Waals surface area contributed by atoms with Crippen molar-refractivity contribution in [2.24, 2.45) is 0 Å². The molecule has 0 aromatic heterocycles. The second kappa shape index (κ2) is 8.79. The van der Waals surface area contributed by atoms with Crippen molar-refractivity contribution in [2.75, 3.05) is 37.0 Å². The van der Waals surface area contributed by atoms with Gasteiger partial charge in [0.1, 0.15) is 0 Å². The van der Waals surface area contributed by atoms with Gasteiger partial charge in [-0.1, -0.05) is 29.8 Å². The molecule has 144 valence electrons. The summed E-state index contributed by atoms with van der Waals surface area (Å²) in [5.41, 5.74) is 2.00. The highest BCUT2D eigenvalue weighted by Gasteiger charge is 2.16. The number of sulfone groups is 1. The minimum absolute atomic E-state index is 0.0228. The summed E-state index contributed by atoms with van der Waals surface area (Å²) in [6.45, 7) is 1.92. The molecule has 2 aromatic rings. The van der Waals surface area contributed by atoms with Crippen LogP contribution in [0, 0.1) is 6.92 Å². The van der Waals surface area contributed by atoms with E-state index in [1.54, 1.807) is 24.1 Å². The largest absolute Gasteiger partial charge is 0.325 e. The van der Waals surface area contributed by atoms with E-state index in [0.717, 1.165) is 11.8 Å². The van der Waals surface area contributed by atoms with Crippen molar-refractivity contribution >= 4 is 33.0 Å². The van der Waals surface area contributed by atoms with Crippen LogP contribution < -0.4 is 10.6 Å². The van der Waals surface area contributed by atoms with Gasteiger partial charge in [-0.15, -0.1) is 0 Å². The van der Waals surface area contributed by atoms with E-state index >= 15 is 0 Å². The van der Waals surface area contributed by atoms with Crippen LogP contribution in [-0.2, 0) is 19.4 Å². The van der Waals surface area contributed by atoms with Gasteiger partial charge in [0.25, 0.3) is 0 Å². The van der Waals surface area contributed by atoms with Crippen molar-refractivity contribution in [1.29, 1.82) is 0 Å². The van der Waals surface area contributed by atoms with Gasteiger partial charge in [0.05, 0.1) is 23.7 Å². The number of rotatable bonds is 7. The lowest BCUT2D eigenvalue weighted by molar-refractivity contribution is -0.119. The van der Waals surface area contributed by atoms with Crippen LogP contribution >= 0.6 is 0 Å². The van der Waals surface area contributed by atoms with Gasteiger partial charge in [-0.05, 0) is 38.2 Å². The van der Waals surface area contributed by atoms with Crippen LogP contribution in [0.2, 0.25) is 0 Å². The zero-order chi connectivity index (χ0) is 20.0. The summed E-state index contributed by atoms with van der Waals surface area (Å²) >= 11 is 0. The Hall–Kier alpha value is -2.71. The van der Waals surface area contributed by atoms with Gasteiger partial charge in [0, 0.05) is 11.9 Å². The Labute approximate surface area is 159 Å². The second-order valence-corrected chi connectivity index (χ2v) is 8.39. The van der Waals surface area contributed by atoms with Crippen molar-refractivity contribution < 1.29 is 18.0 Å². The van der Waals surface area contributed by atoms with Gasteiger partial charge in [0.2, 0.25) is 11.8 Å². The molecule has 2 aromatic carbocycles. The maximum Gasteiger partial charge on any atom is 0.238 e. The van der Waals surface area contributed by atoms with Crippen LogP contribution in [0.4, 0.5) is 11.4 Å². The molecule has 27 heavy (non-hydrogen) atoms. The monoisotopic (exact) mass is 389 g/mol. The van der Waals surface area contributed by atoms with E-state index in [0.29, 0.717) is 5.69 Å². The third-order valence-corrected chi connectivity index (χ3v) is 4.88. The number of aryl methyl sites for hydroxylation is 1. The SMILES string of the molecule is Cc1ccc(NC(=O)CN(C)CC(=O)Nc2ccccc2S(C)(=O)=O)cc1. The molecule has 8 heteroatoms. The molecule has 0 radical (unpaired) electrons. The number of hydrogen-bond donors (Lipinski definition) is 2. The molecule has 0 heterocycles. The highest BCUT2D eigenvalue weighted by Crippen LogP contribution is 2.20. The normalized spacial score (nSPS) is 11.3. The maximum atomic E-state index is 12.2. The Balaban J connectivity index is 1.90. The van der Waals surface area contributed by atoms with Gasteiger partial charge in [-0.25, -0.2) is 8.42 Å². The first-order chi connectivity index (χ1) is 12.6. The molecule has 7 nitrogen and oxygen atoms in total. The predicted octanol–water partition coefficient (Wildman–Crippen LogP) is 1.91. The number of carbonyl (C=O) groups is 2. The van der Waals surface area contributed by atoms with Gasteiger partial charge in [-0.2, -0.15) is 0 Å². The molecule has 0 aliphatic rings. The average molecular weight is 389 g/mol. The topological polar surface area (TPSA) is 95.6 Å². The number of anilines is 2. The van der Waals surface area contributed by atoms with Gasteiger partial charge < -0.3 is 10.6 Å². The Kier molecular flexibility index (Phi) is 6.70. The fourth-order valence-corrected chi connectivity index (χ4v) is 3.31. The van der Waals surface area contributed by atoms with Crippen LogP contribution in [0.15, 0.2) is 53.4 Å². The number of carbonyl (C=O) groups excluding carboxylic acids is 2. The van der Waals surface area contributed by atoms with Crippen molar-refractivity contribution in [3.05, 3.63) is 54.1 Å². The van der Waals surface area contributed by atoms with Crippen LogP contribution in [-0.4, -0.2) is 51.5 Å². The van der Waals surface area contributed by atoms with Crippen LogP contribution in [0.1, 0.15) is 5.56 Å². The highest BCUT2D eigenvalue weighted by molar-refractivity contribution is 7.90.